The molecule has 3 aromatic rings. The number of aromatic nitrogens is 2. The molecule has 8 heteroatoms. The van der Waals surface area contributed by atoms with Gasteiger partial charge in [0.2, 0.25) is 0 Å². The SMILES string of the molecule is Nc1[nH]c2cc(C(F)(F)F)ccc2c1C(=O)NCc1cccnc1. The van der Waals surface area contributed by atoms with Crippen LogP contribution in [0.1, 0.15) is 21.5 Å². The van der Waals surface area contributed by atoms with Gasteiger partial charge in [-0.3, -0.25) is 9.78 Å². The maximum Gasteiger partial charge on any atom is 0.416 e. The molecule has 2 aromatic heterocycles. The molecule has 0 fully saturated rings. The zero-order valence-electron chi connectivity index (χ0n) is 12.3. The van der Waals surface area contributed by atoms with Gasteiger partial charge in [-0.15, -0.1) is 0 Å². The van der Waals surface area contributed by atoms with E-state index >= 15 is 0 Å². The van der Waals surface area contributed by atoms with Crippen molar-refractivity contribution >= 4 is 22.6 Å². The van der Waals surface area contributed by atoms with Crippen LogP contribution in [0.3, 0.4) is 0 Å². The van der Waals surface area contributed by atoms with Crippen LogP contribution in [-0.4, -0.2) is 15.9 Å². The summed E-state index contributed by atoms with van der Waals surface area (Å²) in [6.45, 7) is 0.236. The number of nitrogens with one attached hydrogen (secondary N) is 2. The number of hydrogen-bond donors (Lipinski definition) is 3. The summed E-state index contributed by atoms with van der Waals surface area (Å²) in [4.78, 5) is 18.9. The number of halogens is 3. The molecule has 0 aliphatic heterocycles. The van der Waals surface area contributed by atoms with Crippen molar-refractivity contribution in [3.05, 3.63) is 59.4 Å². The van der Waals surface area contributed by atoms with Crippen molar-refractivity contribution in [2.75, 3.05) is 5.73 Å². The predicted molar refractivity (Wildman–Crippen MR) is 83.1 cm³/mol. The van der Waals surface area contributed by atoms with Crippen molar-refractivity contribution < 1.29 is 18.0 Å². The molecule has 1 amide bonds. The van der Waals surface area contributed by atoms with Crippen LogP contribution in [0.5, 0.6) is 0 Å². The standard InChI is InChI=1S/C16H13F3N4O/c17-16(18,19)10-3-4-11-12(6-10)23-14(20)13(11)15(24)22-8-9-2-1-5-21-7-9/h1-7,23H,8,20H2,(H,22,24). The fourth-order valence-corrected chi connectivity index (χ4v) is 2.41. The summed E-state index contributed by atoms with van der Waals surface area (Å²) in [5.41, 5.74) is 6.05. The second-order valence-electron chi connectivity index (χ2n) is 5.22. The highest BCUT2D eigenvalue weighted by atomic mass is 19.4. The number of benzene rings is 1. The number of nitrogen functional groups attached to an aromatic ring is 1. The zero-order valence-corrected chi connectivity index (χ0v) is 12.3. The molecular formula is C16H13F3N4O. The molecule has 124 valence electrons. The fraction of sp³-hybridized carbons (Fsp3) is 0.125. The topological polar surface area (TPSA) is 83.8 Å². The van der Waals surface area contributed by atoms with Crippen molar-refractivity contribution in [2.24, 2.45) is 0 Å². The van der Waals surface area contributed by atoms with Gasteiger partial charge in [-0.2, -0.15) is 13.2 Å². The van der Waals surface area contributed by atoms with Crippen LogP contribution in [0, 0.1) is 0 Å². The maximum atomic E-state index is 12.8. The van der Waals surface area contributed by atoms with E-state index in [2.05, 4.69) is 15.3 Å². The predicted octanol–water partition coefficient (Wildman–Crippen LogP) is 3.09. The number of nitrogens with zero attached hydrogens (tertiary/aromatic N) is 1. The Morgan fingerprint density at radius 1 is 1.29 bits per heavy atom. The van der Waals surface area contributed by atoms with Gasteiger partial charge in [0.25, 0.3) is 5.91 Å². The molecule has 0 aliphatic carbocycles. The highest BCUT2D eigenvalue weighted by Crippen LogP contribution is 2.33. The number of anilines is 1. The molecule has 0 saturated carbocycles. The summed E-state index contributed by atoms with van der Waals surface area (Å²) < 4.78 is 38.3. The van der Waals surface area contributed by atoms with Gasteiger partial charge in [-0.25, -0.2) is 0 Å². The third kappa shape index (κ3) is 3.03. The Hall–Kier alpha value is -3.03. The molecule has 3 rings (SSSR count). The van der Waals surface area contributed by atoms with Crippen LogP contribution in [0.2, 0.25) is 0 Å². The Bertz CT molecular complexity index is 887. The number of alkyl halides is 3. The lowest BCUT2D eigenvalue weighted by molar-refractivity contribution is -0.137. The molecule has 0 bridgehead atoms. The van der Waals surface area contributed by atoms with Gasteiger partial charge in [0.1, 0.15) is 5.82 Å². The van der Waals surface area contributed by atoms with Crippen LogP contribution in [0.15, 0.2) is 42.7 Å². The van der Waals surface area contributed by atoms with Crippen molar-refractivity contribution in [3.8, 4) is 0 Å². The molecule has 0 spiro atoms. The van der Waals surface area contributed by atoms with Crippen molar-refractivity contribution in [1.29, 1.82) is 0 Å². The van der Waals surface area contributed by atoms with Gasteiger partial charge >= 0.3 is 6.18 Å². The van der Waals surface area contributed by atoms with Gasteiger partial charge in [0.15, 0.2) is 0 Å². The molecular weight excluding hydrogens is 321 g/mol. The summed E-state index contributed by atoms with van der Waals surface area (Å²) >= 11 is 0. The third-order valence-electron chi connectivity index (χ3n) is 3.56. The van der Waals surface area contributed by atoms with Crippen molar-refractivity contribution in [1.82, 2.24) is 15.3 Å². The van der Waals surface area contributed by atoms with Crippen LogP contribution in [0.4, 0.5) is 19.0 Å². The van der Waals surface area contributed by atoms with Crippen LogP contribution in [-0.2, 0) is 12.7 Å². The third-order valence-corrected chi connectivity index (χ3v) is 3.56. The molecule has 0 saturated heterocycles. The average Bonchev–Trinajstić information content (AvgIpc) is 2.87. The van der Waals surface area contributed by atoms with Crippen molar-refractivity contribution in [3.63, 3.8) is 0 Å². The summed E-state index contributed by atoms with van der Waals surface area (Å²) in [7, 11) is 0. The van der Waals surface area contributed by atoms with E-state index < -0.39 is 17.6 Å². The molecule has 24 heavy (non-hydrogen) atoms. The quantitative estimate of drug-likeness (QED) is 0.688. The summed E-state index contributed by atoms with van der Waals surface area (Å²) in [6, 6.07) is 6.63. The molecule has 4 N–H and O–H groups in total. The van der Waals surface area contributed by atoms with E-state index in [1.165, 1.54) is 6.07 Å². The Morgan fingerprint density at radius 2 is 2.08 bits per heavy atom. The molecule has 1 aromatic carbocycles. The first kappa shape index (κ1) is 15.9. The number of H-pyrrole nitrogens is 1. The number of nitrogens with two attached hydrogens (primary N) is 1. The Morgan fingerprint density at radius 3 is 2.75 bits per heavy atom. The molecule has 5 nitrogen and oxygen atoms in total. The van der Waals surface area contributed by atoms with Crippen LogP contribution < -0.4 is 11.1 Å². The largest absolute Gasteiger partial charge is 0.416 e. The smallest absolute Gasteiger partial charge is 0.385 e. The minimum atomic E-state index is -4.46. The average molecular weight is 334 g/mol. The molecule has 0 aliphatic rings. The minimum Gasteiger partial charge on any atom is -0.385 e. The first-order valence-corrected chi connectivity index (χ1v) is 7.02. The van der Waals surface area contributed by atoms with Crippen LogP contribution in [0.25, 0.3) is 10.9 Å². The maximum absolute atomic E-state index is 12.8. The van der Waals surface area contributed by atoms with Gasteiger partial charge in [-0.05, 0) is 23.8 Å². The minimum absolute atomic E-state index is 0.0213. The Balaban J connectivity index is 1.88. The zero-order chi connectivity index (χ0) is 17.3. The normalized spacial score (nSPS) is 11.6. The van der Waals surface area contributed by atoms with Gasteiger partial charge in [0.05, 0.1) is 11.1 Å². The first-order chi connectivity index (χ1) is 11.4. The van der Waals surface area contributed by atoms with Crippen LogP contribution >= 0.6 is 0 Å². The Kier molecular flexibility index (Phi) is 3.88. The first-order valence-electron chi connectivity index (χ1n) is 7.02. The molecule has 2 heterocycles. The number of fused-ring (bicyclic) bond motifs is 1. The fourth-order valence-electron chi connectivity index (χ4n) is 2.41. The van der Waals surface area contributed by atoms with Gasteiger partial charge in [-0.1, -0.05) is 12.1 Å². The summed E-state index contributed by atoms with van der Waals surface area (Å²) in [5.74, 6) is -0.449. The number of pyridine rings is 1. The Labute approximate surface area is 134 Å². The second-order valence-corrected chi connectivity index (χ2v) is 5.22. The van der Waals surface area contributed by atoms with E-state index in [1.807, 2.05) is 0 Å². The number of hydrogen-bond acceptors (Lipinski definition) is 3. The van der Waals surface area contributed by atoms with E-state index in [0.29, 0.717) is 5.39 Å². The number of aromatic amines is 1. The number of amides is 1. The lowest BCUT2D eigenvalue weighted by Crippen LogP contribution is -2.23. The molecule has 0 radical (unpaired) electrons. The van der Waals surface area contributed by atoms with E-state index in [1.54, 1.807) is 24.5 Å². The second kappa shape index (κ2) is 5.88. The van der Waals surface area contributed by atoms with E-state index in [-0.39, 0.29) is 23.4 Å². The monoisotopic (exact) mass is 334 g/mol. The molecule has 0 atom stereocenters. The molecule has 0 unspecified atom stereocenters. The number of carbonyl (C=O) groups excluding carboxylic acids is 1. The van der Waals surface area contributed by atoms with E-state index in [0.717, 1.165) is 17.7 Å². The highest BCUT2D eigenvalue weighted by molar-refractivity contribution is 6.11. The van der Waals surface area contributed by atoms with Gasteiger partial charge in [0, 0.05) is 29.8 Å². The van der Waals surface area contributed by atoms with Crippen molar-refractivity contribution in [2.45, 2.75) is 12.7 Å². The highest BCUT2D eigenvalue weighted by Gasteiger charge is 2.31. The van der Waals surface area contributed by atoms with E-state index in [4.69, 9.17) is 5.73 Å². The summed E-state index contributed by atoms with van der Waals surface area (Å²) in [6.07, 6.45) is -1.24. The number of carbonyl (C=O) groups is 1. The van der Waals surface area contributed by atoms with E-state index in [9.17, 15) is 18.0 Å². The lowest BCUT2D eigenvalue weighted by Gasteiger charge is -2.07. The number of rotatable bonds is 3. The lowest BCUT2D eigenvalue weighted by atomic mass is 10.1. The van der Waals surface area contributed by atoms with Gasteiger partial charge < -0.3 is 16.0 Å². The summed E-state index contributed by atoms with van der Waals surface area (Å²) in [5, 5.41) is 3.02.